The molecule has 1 aliphatic carbocycles. The molecule has 2 aliphatic rings. The number of aryl methyl sites for hydroxylation is 1. The zero-order valence-electron chi connectivity index (χ0n) is 16.1. The van der Waals surface area contributed by atoms with E-state index in [-0.39, 0.29) is 11.8 Å². The van der Waals surface area contributed by atoms with Crippen LogP contribution in [0.15, 0.2) is 27.6 Å². The quantitative estimate of drug-likeness (QED) is 0.663. The van der Waals surface area contributed by atoms with E-state index in [0.29, 0.717) is 36.1 Å². The van der Waals surface area contributed by atoms with Crippen molar-refractivity contribution in [3.8, 4) is 11.5 Å². The molecule has 0 spiro atoms. The van der Waals surface area contributed by atoms with Gasteiger partial charge in [0.15, 0.2) is 5.69 Å². The van der Waals surface area contributed by atoms with Crippen molar-refractivity contribution < 1.29 is 13.8 Å². The second-order valence-electron chi connectivity index (χ2n) is 7.71. The van der Waals surface area contributed by atoms with E-state index in [2.05, 4.69) is 25.3 Å². The number of amides is 1. The maximum Gasteiger partial charge on any atom is 0.276 e. The molecule has 150 valence electrons. The van der Waals surface area contributed by atoms with Crippen molar-refractivity contribution in [2.75, 3.05) is 13.1 Å². The minimum Gasteiger partial charge on any atom is -0.360 e. The lowest BCUT2D eigenvalue weighted by molar-refractivity contribution is 0.0656. The summed E-state index contributed by atoms with van der Waals surface area (Å²) in [6, 6.07) is 0. The first kappa shape index (κ1) is 18.0. The molecular formula is C20H22N6O3. The summed E-state index contributed by atoms with van der Waals surface area (Å²) < 4.78 is 10.8. The van der Waals surface area contributed by atoms with E-state index in [1.165, 1.54) is 0 Å². The Kier molecular flexibility index (Phi) is 4.79. The van der Waals surface area contributed by atoms with Crippen LogP contribution in [-0.2, 0) is 19.3 Å². The number of carbonyl (C=O) groups is 1. The smallest absolute Gasteiger partial charge is 0.276 e. The number of hydrogen-bond donors (Lipinski definition) is 0. The van der Waals surface area contributed by atoms with Crippen molar-refractivity contribution >= 4 is 5.91 Å². The Morgan fingerprint density at radius 1 is 1.14 bits per heavy atom. The van der Waals surface area contributed by atoms with Crippen LogP contribution < -0.4 is 0 Å². The highest BCUT2D eigenvalue weighted by molar-refractivity contribution is 5.94. The molecule has 1 saturated heterocycles. The Labute approximate surface area is 167 Å². The molecule has 9 heteroatoms. The van der Waals surface area contributed by atoms with E-state index < -0.39 is 0 Å². The van der Waals surface area contributed by atoms with Gasteiger partial charge in [-0.3, -0.25) is 9.78 Å². The molecule has 1 fully saturated rings. The van der Waals surface area contributed by atoms with Crippen LogP contribution in [0.1, 0.15) is 53.4 Å². The van der Waals surface area contributed by atoms with Crippen LogP contribution in [0.5, 0.6) is 0 Å². The molecule has 1 amide bonds. The molecule has 29 heavy (non-hydrogen) atoms. The lowest BCUT2D eigenvalue weighted by Gasteiger charge is -2.31. The standard InChI is InChI=1S/C20H22N6O3/c27-20(18-14-5-1-2-6-16(14)28-24-18)26-9-3-4-13(12-26)10-17-23-19(25-29-17)15-11-21-7-8-22-15/h7-8,11,13H,1-6,9-10,12H2/t13-/m1/s1. The summed E-state index contributed by atoms with van der Waals surface area (Å²) in [4.78, 5) is 27.6. The predicted molar refractivity (Wildman–Crippen MR) is 101 cm³/mol. The van der Waals surface area contributed by atoms with Gasteiger partial charge >= 0.3 is 0 Å². The monoisotopic (exact) mass is 394 g/mol. The first-order valence-electron chi connectivity index (χ1n) is 10.1. The molecule has 0 aromatic carbocycles. The van der Waals surface area contributed by atoms with Crippen molar-refractivity contribution in [3.05, 3.63) is 41.5 Å². The van der Waals surface area contributed by atoms with Gasteiger partial charge in [0.05, 0.1) is 6.20 Å². The van der Waals surface area contributed by atoms with E-state index in [9.17, 15) is 4.79 Å². The number of aromatic nitrogens is 5. The number of nitrogens with zero attached hydrogens (tertiary/aromatic N) is 6. The molecule has 1 atom stereocenters. The molecule has 1 aliphatic heterocycles. The molecule has 0 radical (unpaired) electrons. The third-order valence-corrected chi connectivity index (χ3v) is 5.68. The first-order valence-corrected chi connectivity index (χ1v) is 10.1. The highest BCUT2D eigenvalue weighted by Gasteiger charge is 2.31. The average Bonchev–Trinajstić information content (AvgIpc) is 3.41. The molecule has 3 aromatic rings. The fourth-order valence-corrected chi connectivity index (χ4v) is 4.22. The SMILES string of the molecule is O=C(c1noc2c1CCCC2)N1CCC[C@H](Cc2nc(-c3cnccn3)no2)C1. The zero-order chi connectivity index (χ0) is 19.6. The number of likely N-dealkylation sites (tertiary alicyclic amines) is 1. The van der Waals surface area contributed by atoms with Crippen LogP contribution in [0.2, 0.25) is 0 Å². The summed E-state index contributed by atoms with van der Waals surface area (Å²) in [5, 5.41) is 8.10. The van der Waals surface area contributed by atoms with E-state index in [1.54, 1.807) is 18.6 Å². The van der Waals surface area contributed by atoms with Crippen molar-refractivity contribution in [1.29, 1.82) is 0 Å². The van der Waals surface area contributed by atoms with Gasteiger partial charge < -0.3 is 13.9 Å². The van der Waals surface area contributed by atoms with Gasteiger partial charge in [0.1, 0.15) is 11.5 Å². The molecule has 0 bridgehead atoms. The van der Waals surface area contributed by atoms with Crippen LogP contribution in [0.3, 0.4) is 0 Å². The van der Waals surface area contributed by atoms with E-state index in [1.807, 2.05) is 4.90 Å². The fraction of sp³-hybridized carbons (Fsp3) is 0.500. The van der Waals surface area contributed by atoms with Crippen LogP contribution in [0.4, 0.5) is 0 Å². The summed E-state index contributed by atoms with van der Waals surface area (Å²) >= 11 is 0. The number of fused-ring (bicyclic) bond motifs is 1. The third kappa shape index (κ3) is 3.64. The molecule has 0 saturated carbocycles. The summed E-state index contributed by atoms with van der Waals surface area (Å²) in [6.07, 6.45) is 11.3. The summed E-state index contributed by atoms with van der Waals surface area (Å²) in [7, 11) is 0. The average molecular weight is 394 g/mol. The first-order chi connectivity index (χ1) is 14.3. The Morgan fingerprint density at radius 2 is 2.07 bits per heavy atom. The highest BCUT2D eigenvalue weighted by Crippen LogP contribution is 2.27. The van der Waals surface area contributed by atoms with Gasteiger partial charge in [-0.2, -0.15) is 4.98 Å². The lowest BCUT2D eigenvalue weighted by Crippen LogP contribution is -2.41. The fourth-order valence-electron chi connectivity index (χ4n) is 4.22. The van der Waals surface area contributed by atoms with Gasteiger partial charge in [0, 0.05) is 43.9 Å². The molecule has 5 rings (SSSR count). The summed E-state index contributed by atoms with van der Waals surface area (Å²) in [6.45, 7) is 1.40. The van der Waals surface area contributed by atoms with Crippen molar-refractivity contribution in [2.45, 2.75) is 44.9 Å². The Balaban J connectivity index is 1.26. The molecule has 0 N–H and O–H groups in total. The number of rotatable bonds is 4. The Bertz CT molecular complexity index is 999. The maximum atomic E-state index is 13.1. The Hall–Kier alpha value is -3.10. The zero-order valence-corrected chi connectivity index (χ0v) is 16.1. The molecular weight excluding hydrogens is 372 g/mol. The van der Waals surface area contributed by atoms with Crippen LogP contribution in [0, 0.1) is 5.92 Å². The minimum absolute atomic E-state index is 0.0209. The highest BCUT2D eigenvalue weighted by atomic mass is 16.5. The van der Waals surface area contributed by atoms with Gasteiger partial charge in [-0.15, -0.1) is 0 Å². The Morgan fingerprint density at radius 3 is 2.97 bits per heavy atom. The maximum absolute atomic E-state index is 13.1. The largest absolute Gasteiger partial charge is 0.360 e. The van der Waals surface area contributed by atoms with E-state index >= 15 is 0 Å². The summed E-state index contributed by atoms with van der Waals surface area (Å²) in [5.41, 5.74) is 2.09. The van der Waals surface area contributed by atoms with Gasteiger partial charge in [-0.1, -0.05) is 10.3 Å². The minimum atomic E-state index is -0.0209. The topological polar surface area (TPSA) is 111 Å². The predicted octanol–water partition coefficient (Wildman–Crippen LogP) is 2.49. The van der Waals surface area contributed by atoms with Gasteiger partial charge in [-0.25, -0.2) is 4.98 Å². The molecule has 3 aromatic heterocycles. The van der Waals surface area contributed by atoms with Crippen LogP contribution in [0.25, 0.3) is 11.5 Å². The van der Waals surface area contributed by atoms with Gasteiger partial charge in [0.2, 0.25) is 11.7 Å². The molecule has 9 nitrogen and oxygen atoms in total. The van der Waals surface area contributed by atoms with E-state index in [4.69, 9.17) is 9.05 Å². The number of hydrogen-bond acceptors (Lipinski definition) is 8. The number of carbonyl (C=O) groups excluding carboxylic acids is 1. The summed E-state index contributed by atoms with van der Waals surface area (Å²) in [5.74, 6) is 2.13. The molecule has 4 heterocycles. The second kappa shape index (κ2) is 7.73. The number of piperidine rings is 1. The second-order valence-corrected chi connectivity index (χ2v) is 7.71. The van der Waals surface area contributed by atoms with Crippen LogP contribution in [-0.4, -0.2) is 49.2 Å². The lowest BCUT2D eigenvalue weighted by atomic mass is 9.93. The third-order valence-electron chi connectivity index (χ3n) is 5.68. The van der Waals surface area contributed by atoms with Gasteiger partial charge in [0.25, 0.3) is 5.91 Å². The van der Waals surface area contributed by atoms with E-state index in [0.717, 1.165) is 56.4 Å². The normalized spacial score (nSPS) is 19.2. The van der Waals surface area contributed by atoms with Crippen molar-refractivity contribution in [1.82, 2.24) is 30.2 Å². The van der Waals surface area contributed by atoms with Crippen LogP contribution >= 0.6 is 0 Å². The van der Waals surface area contributed by atoms with Crippen molar-refractivity contribution in [2.24, 2.45) is 5.92 Å². The van der Waals surface area contributed by atoms with Gasteiger partial charge in [-0.05, 0) is 38.0 Å². The van der Waals surface area contributed by atoms with Crippen molar-refractivity contribution in [3.63, 3.8) is 0 Å². The molecule has 0 unspecified atom stereocenters.